The molecule has 0 unspecified atom stereocenters. The Morgan fingerprint density at radius 3 is 2.54 bits per heavy atom. The van der Waals surface area contributed by atoms with Gasteiger partial charge in [-0.1, -0.05) is 42.5 Å². The monoisotopic (exact) mass is 172 g/mol. The molecule has 0 N–H and O–H groups in total. The molecule has 0 atom stereocenters. The highest BCUT2D eigenvalue weighted by molar-refractivity contribution is 5.56. The van der Waals surface area contributed by atoms with E-state index in [2.05, 4.69) is 44.2 Å². The molecule has 0 heterocycles. The zero-order chi connectivity index (χ0) is 9.68. The SMILES string of the molecule is C/C=C\C=C/c1cccc(C)c1C. The van der Waals surface area contributed by atoms with Gasteiger partial charge in [0.25, 0.3) is 0 Å². The quantitative estimate of drug-likeness (QED) is 0.594. The average molecular weight is 172 g/mol. The van der Waals surface area contributed by atoms with Crippen molar-refractivity contribution in [3.05, 3.63) is 53.1 Å². The molecule has 0 aliphatic heterocycles. The van der Waals surface area contributed by atoms with Crippen molar-refractivity contribution in [1.29, 1.82) is 0 Å². The molecule has 13 heavy (non-hydrogen) atoms. The van der Waals surface area contributed by atoms with Crippen molar-refractivity contribution >= 4 is 6.08 Å². The molecule has 0 heteroatoms. The molecular weight excluding hydrogens is 156 g/mol. The second kappa shape index (κ2) is 4.66. The number of benzene rings is 1. The Labute approximate surface area is 80.6 Å². The van der Waals surface area contributed by atoms with E-state index in [9.17, 15) is 0 Å². The lowest BCUT2D eigenvalue weighted by Crippen LogP contribution is -1.83. The lowest BCUT2D eigenvalue weighted by molar-refractivity contribution is 1.33. The molecule has 0 saturated heterocycles. The van der Waals surface area contributed by atoms with E-state index in [1.54, 1.807) is 0 Å². The molecule has 0 aliphatic rings. The first-order valence-electron chi connectivity index (χ1n) is 4.61. The van der Waals surface area contributed by atoms with Crippen LogP contribution < -0.4 is 0 Å². The van der Waals surface area contributed by atoms with Crippen LogP contribution in [0, 0.1) is 13.8 Å². The fourth-order valence-electron chi connectivity index (χ4n) is 1.22. The fraction of sp³-hybridized carbons (Fsp3) is 0.231. The van der Waals surface area contributed by atoms with Crippen molar-refractivity contribution in [2.45, 2.75) is 20.8 Å². The van der Waals surface area contributed by atoms with E-state index >= 15 is 0 Å². The Bertz CT molecular complexity index is 330. The molecule has 0 saturated carbocycles. The molecule has 1 aromatic carbocycles. The zero-order valence-electron chi connectivity index (χ0n) is 8.54. The van der Waals surface area contributed by atoms with Crippen LogP contribution in [0.15, 0.2) is 36.4 Å². The van der Waals surface area contributed by atoms with Crippen LogP contribution in [0.2, 0.25) is 0 Å². The van der Waals surface area contributed by atoms with Crippen molar-refractivity contribution < 1.29 is 0 Å². The molecule has 0 spiro atoms. The first kappa shape index (κ1) is 9.79. The fourth-order valence-corrected chi connectivity index (χ4v) is 1.22. The molecule has 0 aromatic heterocycles. The molecule has 0 radical (unpaired) electrons. The number of aryl methyl sites for hydroxylation is 1. The summed E-state index contributed by atoms with van der Waals surface area (Å²) >= 11 is 0. The van der Waals surface area contributed by atoms with Gasteiger partial charge in [0.2, 0.25) is 0 Å². The number of rotatable bonds is 2. The minimum Gasteiger partial charge on any atom is -0.0877 e. The first-order chi connectivity index (χ1) is 6.25. The van der Waals surface area contributed by atoms with E-state index in [4.69, 9.17) is 0 Å². The predicted octanol–water partition coefficient (Wildman–Crippen LogP) is 3.89. The standard InChI is InChI=1S/C13H16/c1-4-5-6-9-13-10-7-8-11(2)12(13)3/h4-10H,1-3H3/b5-4-,9-6-. The van der Waals surface area contributed by atoms with Crippen molar-refractivity contribution in [1.82, 2.24) is 0 Å². The summed E-state index contributed by atoms with van der Waals surface area (Å²) in [6, 6.07) is 6.38. The van der Waals surface area contributed by atoms with Crippen LogP contribution in [0.4, 0.5) is 0 Å². The Balaban J connectivity index is 2.95. The van der Waals surface area contributed by atoms with Crippen molar-refractivity contribution in [2.24, 2.45) is 0 Å². The number of hydrogen-bond donors (Lipinski definition) is 0. The van der Waals surface area contributed by atoms with E-state index < -0.39 is 0 Å². The largest absolute Gasteiger partial charge is 0.0877 e. The molecule has 68 valence electrons. The molecule has 1 rings (SSSR count). The van der Waals surface area contributed by atoms with Crippen molar-refractivity contribution in [2.75, 3.05) is 0 Å². The molecule has 1 aromatic rings. The van der Waals surface area contributed by atoms with Crippen molar-refractivity contribution in [3.8, 4) is 0 Å². The third-order valence-corrected chi connectivity index (χ3v) is 2.23. The lowest BCUT2D eigenvalue weighted by Gasteiger charge is -2.02. The van der Waals surface area contributed by atoms with Gasteiger partial charge in [-0.25, -0.2) is 0 Å². The Morgan fingerprint density at radius 2 is 1.85 bits per heavy atom. The third kappa shape index (κ3) is 2.59. The van der Waals surface area contributed by atoms with Gasteiger partial charge in [0.1, 0.15) is 0 Å². The van der Waals surface area contributed by atoms with Crippen LogP contribution in [-0.4, -0.2) is 0 Å². The second-order valence-corrected chi connectivity index (χ2v) is 3.17. The maximum absolute atomic E-state index is 2.16. The Hall–Kier alpha value is -1.30. The third-order valence-electron chi connectivity index (χ3n) is 2.23. The predicted molar refractivity (Wildman–Crippen MR) is 59.8 cm³/mol. The highest BCUT2D eigenvalue weighted by Crippen LogP contribution is 2.13. The van der Waals surface area contributed by atoms with Crippen LogP contribution in [0.1, 0.15) is 23.6 Å². The summed E-state index contributed by atoms with van der Waals surface area (Å²) in [4.78, 5) is 0. The summed E-state index contributed by atoms with van der Waals surface area (Å²) < 4.78 is 0. The zero-order valence-corrected chi connectivity index (χ0v) is 8.54. The molecule has 0 amide bonds. The number of allylic oxidation sites excluding steroid dienone is 3. The summed E-state index contributed by atoms with van der Waals surface area (Å²) in [5, 5.41) is 0. The topological polar surface area (TPSA) is 0 Å². The van der Waals surface area contributed by atoms with Gasteiger partial charge in [0, 0.05) is 0 Å². The van der Waals surface area contributed by atoms with E-state index in [-0.39, 0.29) is 0 Å². The molecular formula is C13H16. The Kier molecular flexibility index (Phi) is 3.51. The summed E-state index contributed by atoms with van der Waals surface area (Å²) in [6.45, 7) is 6.32. The van der Waals surface area contributed by atoms with Crippen LogP contribution >= 0.6 is 0 Å². The van der Waals surface area contributed by atoms with Crippen LogP contribution in [0.25, 0.3) is 6.08 Å². The second-order valence-electron chi connectivity index (χ2n) is 3.17. The van der Waals surface area contributed by atoms with E-state index in [1.807, 2.05) is 19.1 Å². The first-order valence-corrected chi connectivity index (χ1v) is 4.61. The molecule has 0 aliphatic carbocycles. The van der Waals surface area contributed by atoms with Crippen LogP contribution in [-0.2, 0) is 0 Å². The molecule has 0 nitrogen and oxygen atoms in total. The van der Waals surface area contributed by atoms with E-state index in [1.165, 1.54) is 16.7 Å². The van der Waals surface area contributed by atoms with Gasteiger partial charge in [0.15, 0.2) is 0 Å². The lowest BCUT2D eigenvalue weighted by atomic mass is 10.0. The Morgan fingerprint density at radius 1 is 1.08 bits per heavy atom. The molecule has 0 fully saturated rings. The minimum atomic E-state index is 1.30. The smallest absolute Gasteiger partial charge is 0.0225 e. The highest BCUT2D eigenvalue weighted by Gasteiger charge is 1.94. The highest BCUT2D eigenvalue weighted by atomic mass is 14.0. The normalized spacial score (nSPS) is 11.6. The number of hydrogen-bond acceptors (Lipinski definition) is 0. The summed E-state index contributed by atoms with van der Waals surface area (Å²) in [7, 11) is 0. The van der Waals surface area contributed by atoms with Gasteiger partial charge in [-0.05, 0) is 37.5 Å². The van der Waals surface area contributed by atoms with Crippen molar-refractivity contribution in [3.63, 3.8) is 0 Å². The van der Waals surface area contributed by atoms with Gasteiger partial charge in [-0.15, -0.1) is 0 Å². The maximum Gasteiger partial charge on any atom is -0.0225 e. The van der Waals surface area contributed by atoms with Gasteiger partial charge in [-0.3, -0.25) is 0 Å². The summed E-state index contributed by atoms with van der Waals surface area (Å²) in [6.07, 6.45) is 8.29. The minimum absolute atomic E-state index is 1.30. The summed E-state index contributed by atoms with van der Waals surface area (Å²) in [5.74, 6) is 0. The molecule has 0 bridgehead atoms. The van der Waals surface area contributed by atoms with Crippen LogP contribution in [0.3, 0.4) is 0 Å². The van der Waals surface area contributed by atoms with Gasteiger partial charge in [-0.2, -0.15) is 0 Å². The van der Waals surface area contributed by atoms with E-state index in [0.717, 1.165) is 0 Å². The van der Waals surface area contributed by atoms with Crippen LogP contribution in [0.5, 0.6) is 0 Å². The average Bonchev–Trinajstić information content (AvgIpc) is 2.13. The van der Waals surface area contributed by atoms with Gasteiger partial charge < -0.3 is 0 Å². The summed E-state index contributed by atoms with van der Waals surface area (Å²) in [5.41, 5.74) is 4.02. The maximum atomic E-state index is 2.16. The van der Waals surface area contributed by atoms with Gasteiger partial charge >= 0.3 is 0 Å². The van der Waals surface area contributed by atoms with E-state index in [0.29, 0.717) is 0 Å². The van der Waals surface area contributed by atoms with Gasteiger partial charge in [0.05, 0.1) is 0 Å².